The number of hydrogen-bond acceptors (Lipinski definition) is 7. The van der Waals surface area contributed by atoms with Crippen molar-refractivity contribution >= 4 is 23.2 Å². The highest BCUT2D eigenvalue weighted by atomic mass is 16.5. The molecule has 1 aliphatic heterocycles. The van der Waals surface area contributed by atoms with Crippen LogP contribution < -0.4 is 29.2 Å². The summed E-state index contributed by atoms with van der Waals surface area (Å²) < 4.78 is 21.8. The molecule has 1 saturated heterocycles. The molecule has 3 aromatic rings. The van der Waals surface area contributed by atoms with Gasteiger partial charge >= 0.3 is 0 Å². The van der Waals surface area contributed by atoms with Crippen LogP contribution in [0.2, 0.25) is 0 Å². The van der Waals surface area contributed by atoms with Gasteiger partial charge in [-0.1, -0.05) is 0 Å². The van der Waals surface area contributed by atoms with Crippen LogP contribution in [-0.2, 0) is 0 Å². The first-order valence-corrected chi connectivity index (χ1v) is 13.0. The zero-order chi connectivity index (χ0) is 27.8. The fourth-order valence-electron chi connectivity index (χ4n) is 4.44. The molecule has 3 aromatic carbocycles. The fraction of sp³-hybridized carbons (Fsp3) is 0.333. The summed E-state index contributed by atoms with van der Waals surface area (Å²) in [6.07, 6.45) is 0. The van der Waals surface area contributed by atoms with E-state index in [0.29, 0.717) is 79.2 Å². The van der Waals surface area contributed by atoms with Gasteiger partial charge in [0, 0.05) is 60.8 Å². The molecule has 0 atom stereocenters. The lowest BCUT2D eigenvalue weighted by Gasteiger charge is -2.36. The van der Waals surface area contributed by atoms with Crippen molar-refractivity contribution in [2.75, 3.05) is 63.8 Å². The molecule has 2 amide bonds. The van der Waals surface area contributed by atoms with Crippen molar-refractivity contribution in [3.63, 3.8) is 0 Å². The Morgan fingerprint density at radius 1 is 0.718 bits per heavy atom. The van der Waals surface area contributed by atoms with Gasteiger partial charge in [-0.05, 0) is 62.4 Å². The molecule has 0 aromatic heterocycles. The van der Waals surface area contributed by atoms with Crippen LogP contribution in [0.3, 0.4) is 0 Å². The van der Waals surface area contributed by atoms with Gasteiger partial charge in [-0.2, -0.15) is 0 Å². The number of carbonyl (C=O) groups is 2. The summed E-state index contributed by atoms with van der Waals surface area (Å²) in [4.78, 5) is 30.1. The van der Waals surface area contributed by atoms with Gasteiger partial charge in [0.25, 0.3) is 11.8 Å². The summed E-state index contributed by atoms with van der Waals surface area (Å²) in [6.45, 7) is 7.36. The van der Waals surface area contributed by atoms with Crippen molar-refractivity contribution < 1.29 is 28.5 Å². The molecule has 0 radical (unpaired) electrons. The number of rotatable bonds is 10. The number of benzene rings is 3. The maximum Gasteiger partial charge on any atom is 0.255 e. The average Bonchev–Trinajstić information content (AvgIpc) is 2.97. The molecule has 1 fully saturated rings. The van der Waals surface area contributed by atoms with Gasteiger partial charge in [0.05, 0.1) is 27.4 Å². The van der Waals surface area contributed by atoms with Crippen molar-refractivity contribution in [2.24, 2.45) is 0 Å². The third-order valence-electron chi connectivity index (χ3n) is 6.42. The fourth-order valence-corrected chi connectivity index (χ4v) is 4.44. The monoisotopic (exact) mass is 533 g/mol. The van der Waals surface area contributed by atoms with E-state index >= 15 is 0 Å². The molecule has 0 spiro atoms. The molecular formula is C30H35N3O6. The minimum absolute atomic E-state index is 0.0502. The van der Waals surface area contributed by atoms with Crippen LogP contribution in [0.15, 0.2) is 60.7 Å². The molecule has 1 heterocycles. The van der Waals surface area contributed by atoms with Crippen molar-refractivity contribution in [1.82, 2.24) is 4.90 Å². The molecule has 0 unspecified atom stereocenters. The number of hydrogen-bond donors (Lipinski definition) is 1. The number of nitrogens with zero attached hydrogens (tertiary/aromatic N) is 2. The zero-order valence-corrected chi connectivity index (χ0v) is 22.9. The van der Waals surface area contributed by atoms with E-state index in [0.717, 1.165) is 5.69 Å². The van der Waals surface area contributed by atoms with Crippen molar-refractivity contribution in [3.05, 3.63) is 71.8 Å². The lowest BCUT2D eigenvalue weighted by atomic mass is 10.1. The minimum Gasteiger partial charge on any atom is -0.497 e. The Bertz CT molecular complexity index is 1240. The second-order valence-corrected chi connectivity index (χ2v) is 8.94. The highest BCUT2D eigenvalue weighted by molar-refractivity contribution is 6.04. The lowest BCUT2D eigenvalue weighted by Crippen LogP contribution is -2.48. The average molecular weight is 534 g/mol. The number of methoxy groups -OCH3 is 2. The molecule has 9 nitrogen and oxygen atoms in total. The number of piperazine rings is 1. The number of ether oxygens (including phenoxy) is 4. The van der Waals surface area contributed by atoms with E-state index in [1.807, 2.05) is 43.0 Å². The molecule has 0 saturated carbocycles. The van der Waals surface area contributed by atoms with E-state index in [1.54, 1.807) is 50.6 Å². The Morgan fingerprint density at radius 2 is 1.23 bits per heavy atom. The quantitative estimate of drug-likeness (QED) is 0.404. The molecule has 9 heteroatoms. The van der Waals surface area contributed by atoms with Gasteiger partial charge in [-0.15, -0.1) is 0 Å². The van der Waals surface area contributed by atoms with Gasteiger partial charge in [-0.3, -0.25) is 9.59 Å². The summed E-state index contributed by atoms with van der Waals surface area (Å²) in [5.74, 6) is 2.05. The molecule has 0 aliphatic carbocycles. The third kappa shape index (κ3) is 6.93. The Hall–Kier alpha value is -4.40. The molecule has 4 rings (SSSR count). The van der Waals surface area contributed by atoms with Crippen LogP contribution in [0.25, 0.3) is 0 Å². The summed E-state index contributed by atoms with van der Waals surface area (Å²) in [6, 6.07) is 18.1. The van der Waals surface area contributed by atoms with Gasteiger partial charge in [0.15, 0.2) is 0 Å². The highest BCUT2D eigenvalue weighted by Gasteiger charge is 2.23. The first-order valence-electron chi connectivity index (χ1n) is 13.0. The molecule has 39 heavy (non-hydrogen) atoms. The number of carbonyl (C=O) groups excluding carboxylic acids is 2. The van der Waals surface area contributed by atoms with E-state index < -0.39 is 0 Å². The predicted octanol–water partition coefficient (Wildman–Crippen LogP) is 4.72. The smallest absolute Gasteiger partial charge is 0.255 e. The highest BCUT2D eigenvalue weighted by Crippen LogP contribution is 2.26. The number of anilines is 2. The van der Waals surface area contributed by atoms with Crippen molar-refractivity contribution in [2.45, 2.75) is 13.8 Å². The van der Waals surface area contributed by atoms with Crippen molar-refractivity contribution in [3.8, 4) is 23.0 Å². The Morgan fingerprint density at radius 3 is 1.74 bits per heavy atom. The Kier molecular flexibility index (Phi) is 9.14. The number of amides is 2. The van der Waals surface area contributed by atoms with Crippen LogP contribution in [0, 0.1) is 0 Å². The van der Waals surface area contributed by atoms with Gasteiger partial charge in [-0.25, -0.2) is 0 Å². The molecule has 0 bridgehead atoms. The van der Waals surface area contributed by atoms with Crippen LogP contribution in [-0.4, -0.2) is 70.3 Å². The Labute approximate surface area is 229 Å². The van der Waals surface area contributed by atoms with Gasteiger partial charge in [0.1, 0.15) is 23.0 Å². The maximum absolute atomic E-state index is 13.1. The summed E-state index contributed by atoms with van der Waals surface area (Å²) in [7, 11) is 3.13. The van der Waals surface area contributed by atoms with Crippen molar-refractivity contribution in [1.29, 1.82) is 0 Å². The normalized spacial score (nSPS) is 13.0. The third-order valence-corrected chi connectivity index (χ3v) is 6.42. The second kappa shape index (κ2) is 12.9. The molecule has 1 N–H and O–H groups in total. The SMILES string of the molecule is CCOc1cc(OCC)cc(C(=O)Nc2ccc(N3CCN(C(=O)c4cc(OC)cc(OC)c4)CC3)cc2)c1. The summed E-state index contributed by atoms with van der Waals surface area (Å²) in [5.41, 5.74) is 2.72. The second-order valence-electron chi connectivity index (χ2n) is 8.94. The summed E-state index contributed by atoms with van der Waals surface area (Å²) >= 11 is 0. The zero-order valence-electron chi connectivity index (χ0n) is 22.9. The Balaban J connectivity index is 1.36. The standard InChI is InChI=1S/C30H35N3O6/c1-5-38-27-15-21(16-28(20-27)39-6-2)29(34)31-23-7-9-24(10-8-23)32-11-13-33(14-12-32)30(35)22-17-25(36-3)19-26(18-22)37-4/h7-10,15-20H,5-6,11-14H2,1-4H3,(H,31,34). The van der Waals surface area contributed by atoms with E-state index in [2.05, 4.69) is 10.2 Å². The van der Waals surface area contributed by atoms with E-state index in [4.69, 9.17) is 18.9 Å². The van der Waals surface area contributed by atoms with Crippen LogP contribution in [0.1, 0.15) is 34.6 Å². The molecule has 206 valence electrons. The van der Waals surface area contributed by atoms with Crippen LogP contribution in [0.5, 0.6) is 23.0 Å². The molecule has 1 aliphatic rings. The van der Waals surface area contributed by atoms with Gasteiger partial charge in [0.2, 0.25) is 0 Å². The van der Waals surface area contributed by atoms with Gasteiger partial charge < -0.3 is 34.1 Å². The lowest BCUT2D eigenvalue weighted by molar-refractivity contribution is 0.0746. The van der Waals surface area contributed by atoms with E-state index in [1.165, 1.54) is 0 Å². The summed E-state index contributed by atoms with van der Waals surface area (Å²) in [5, 5.41) is 2.94. The maximum atomic E-state index is 13.1. The van der Waals surface area contributed by atoms with E-state index in [-0.39, 0.29) is 11.8 Å². The van der Waals surface area contributed by atoms with Crippen LogP contribution >= 0.6 is 0 Å². The first-order chi connectivity index (χ1) is 18.9. The minimum atomic E-state index is -0.244. The predicted molar refractivity (Wildman–Crippen MR) is 151 cm³/mol. The van der Waals surface area contributed by atoms with E-state index in [9.17, 15) is 9.59 Å². The first kappa shape index (κ1) is 27.6. The molecular weight excluding hydrogens is 498 g/mol. The topological polar surface area (TPSA) is 89.6 Å². The largest absolute Gasteiger partial charge is 0.497 e. The van der Waals surface area contributed by atoms with Crippen LogP contribution in [0.4, 0.5) is 11.4 Å². The number of nitrogens with one attached hydrogen (secondary N) is 1.